The second-order valence-electron chi connectivity index (χ2n) is 20.6. The highest BCUT2D eigenvalue weighted by Crippen LogP contribution is 2.26. The predicted octanol–water partition coefficient (Wildman–Crippen LogP) is 16.2. The summed E-state index contributed by atoms with van der Waals surface area (Å²) in [5.41, 5.74) is 0. The lowest BCUT2D eigenvalue weighted by Gasteiger charge is -2.40. The van der Waals surface area contributed by atoms with Crippen molar-refractivity contribution in [2.75, 3.05) is 13.2 Å². The molecule has 12 nitrogen and oxygen atoms in total. The first kappa shape index (κ1) is 72.4. The van der Waals surface area contributed by atoms with Crippen LogP contribution in [0.15, 0.2) is 109 Å². The average molecular weight is 1110 g/mol. The standard InChI is InChI=1S/C67H108O12/c1-4-7-10-13-16-19-22-25-28-30-33-35-38-41-44-47-50-53-59(68)75-56-58(77-60(69)54-51-48-45-42-39-36-32-27-24-21-18-15-12-9-6-3)57-76-67-65(63(72)62(71)64(79-67)66(73)74)78-61(70)55-52-49-46-43-40-37-34-31-29-26-23-20-17-14-11-8-5-2/h7,9-10,12,16,18-19,21,25-29,32-33,35,41,44,58,62-65,67,71-72H,4-6,8,11,13-15,17,20,22-24,30-31,34,36-40,42-43,45-57H2,1-3H3,(H,73,74)/b10-7-,12-9-,19-16-,21-18-,28-25-,29-26-,32-27-,35-33-,44-41-. The first-order valence-electron chi connectivity index (χ1n) is 30.9. The van der Waals surface area contributed by atoms with Crippen LogP contribution >= 0.6 is 0 Å². The van der Waals surface area contributed by atoms with E-state index in [1.807, 2.05) is 6.08 Å². The molecule has 1 fully saturated rings. The molecule has 6 atom stereocenters. The molecule has 0 bridgehead atoms. The molecular formula is C67H108O12. The van der Waals surface area contributed by atoms with Gasteiger partial charge in [-0.1, -0.05) is 214 Å². The van der Waals surface area contributed by atoms with Gasteiger partial charge in [-0.2, -0.15) is 0 Å². The van der Waals surface area contributed by atoms with Gasteiger partial charge >= 0.3 is 23.9 Å². The van der Waals surface area contributed by atoms with E-state index in [0.717, 1.165) is 122 Å². The molecule has 448 valence electrons. The molecule has 0 aromatic carbocycles. The van der Waals surface area contributed by atoms with Gasteiger partial charge in [0.1, 0.15) is 18.8 Å². The molecule has 79 heavy (non-hydrogen) atoms. The van der Waals surface area contributed by atoms with Crippen LogP contribution in [-0.2, 0) is 42.9 Å². The quantitative estimate of drug-likeness (QED) is 0.0228. The first-order valence-corrected chi connectivity index (χ1v) is 30.9. The van der Waals surface area contributed by atoms with Crippen molar-refractivity contribution in [3.05, 3.63) is 109 Å². The molecule has 0 spiro atoms. The predicted molar refractivity (Wildman–Crippen MR) is 321 cm³/mol. The summed E-state index contributed by atoms with van der Waals surface area (Å²) < 4.78 is 28.4. The van der Waals surface area contributed by atoms with Gasteiger partial charge < -0.3 is 39.0 Å². The van der Waals surface area contributed by atoms with Gasteiger partial charge in [0.15, 0.2) is 24.6 Å². The number of aliphatic hydroxyl groups is 2. The molecular weight excluding hydrogens is 997 g/mol. The summed E-state index contributed by atoms with van der Waals surface area (Å²) in [6, 6.07) is 0. The molecule has 0 aromatic rings. The number of unbranched alkanes of at least 4 members (excludes halogenated alkanes) is 19. The SMILES string of the molecule is CC/C=C\C/C=C\C/C=C\C/C=C\C/C=C\CCCC(=O)OCC(COC1OC(C(=O)O)C(O)C(O)C1OC(=O)CCCCCCCCC/C=C\CCCCCCCC)OC(=O)CCCCCCC/C=C\C/C=C\C/C=C\CC. The van der Waals surface area contributed by atoms with Gasteiger partial charge in [-0.05, 0) is 116 Å². The molecule has 0 amide bonds. The number of carbonyl (C=O) groups is 4. The highest BCUT2D eigenvalue weighted by atomic mass is 16.7. The summed E-state index contributed by atoms with van der Waals surface area (Å²) in [5.74, 6) is -3.23. The minimum absolute atomic E-state index is 0.0432. The van der Waals surface area contributed by atoms with E-state index in [-0.39, 0.29) is 25.9 Å². The van der Waals surface area contributed by atoms with Gasteiger partial charge in [0.05, 0.1) is 6.61 Å². The lowest BCUT2D eigenvalue weighted by Crippen LogP contribution is -2.61. The normalized spacial score (nSPS) is 18.6. The van der Waals surface area contributed by atoms with E-state index in [0.29, 0.717) is 25.7 Å². The molecule has 1 saturated heterocycles. The summed E-state index contributed by atoms with van der Waals surface area (Å²) in [6.45, 7) is 5.70. The maximum Gasteiger partial charge on any atom is 0.335 e. The number of allylic oxidation sites excluding steroid dienone is 18. The van der Waals surface area contributed by atoms with E-state index in [4.69, 9.17) is 23.7 Å². The minimum atomic E-state index is -1.92. The van der Waals surface area contributed by atoms with Gasteiger partial charge in [0, 0.05) is 19.3 Å². The Morgan fingerprint density at radius 3 is 1.27 bits per heavy atom. The Labute approximate surface area is 478 Å². The Hall–Kier alpha value is -4.62. The van der Waals surface area contributed by atoms with Crippen LogP contribution in [0.3, 0.4) is 0 Å². The monoisotopic (exact) mass is 1100 g/mol. The van der Waals surface area contributed by atoms with Crippen LogP contribution < -0.4 is 0 Å². The largest absolute Gasteiger partial charge is 0.479 e. The van der Waals surface area contributed by atoms with Crippen LogP contribution in [0.5, 0.6) is 0 Å². The Balaban J connectivity index is 2.73. The van der Waals surface area contributed by atoms with E-state index in [1.54, 1.807) is 0 Å². The van der Waals surface area contributed by atoms with E-state index >= 15 is 0 Å². The van der Waals surface area contributed by atoms with Crippen molar-refractivity contribution in [2.45, 2.75) is 276 Å². The van der Waals surface area contributed by atoms with Crippen LogP contribution in [0.2, 0.25) is 0 Å². The van der Waals surface area contributed by atoms with Crippen LogP contribution in [0, 0.1) is 0 Å². The number of carboxylic acids is 1. The summed E-state index contributed by atoms with van der Waals surface area (Å²) in [5, 5.41) is 31.5. The first-order chi connectivity index (χ1) is 38.6. The average Bonchev–Trinajstić information content (AvgIpc) is 3.47. The Morgan fingerprint density at radius 1 is 0.430 bits per heavy atom. The van der Waals surface area contributed by atoms with Gasteiger partial charge in [-0.3, -0.25) is 14.4 Å². The number of hydrogen-bond donors (Lipinski definition) is 3. The zero-order chi connectivity index (χ0) is 57.5. The maximum atomic E-state index is 13.2. The summed E-state index contributed by atoms with van der Waals surface area (Å²) in [7, 11) is 0. The third kappa shape index (κ3) is 43.8. The van der Waals surface area contributed by atoms with Crippen molar-refractivity contribution >= 4 is 23.9 Å². The molecule has 3 N–H and O–H groups in total. The lowest BCUT2D eigenvalue weighted by molar-refractivity contribution is -0.301. The number of ether oxygens (including phenoxy) is 5. The molecule has 0 aliphatic carbocycles. The maximum absolute atomic E-state index is 13.2. The van der Waals surface area contributed by atoms with Gasteiger partial charge in [0.25, 0.3) is 0 Å². The number of hydrogen-bond acceptors (Lipinski definition) is 11. The fraction of sp³-hybridized carbons (Fsp3) is 0.672. The number of aliphatic carboxylic acids is 1. The third-order valence-electron chi connectivity index (χ3n) is 13.3. The summed E-state index contributed by atoms with van der Waals surface area (Å²) in [6.07, 6.45) is 60.6. The Kier molecular flexibility index (Phi) is 49.5. The second kappa shape index (κ2) is 54.0. The van der Waals surface area contributed by atoms with Crippen molar-refractivity contribution < 1.29 is 58.2 Å². The van der Waals surface area contributed by atoms with E-state index < -0.39 is 67.3 Å². The topological polar surface area (TPSA) is 175 Å². The number of aliphatic hydroxyl groups excluding tert-OH is 2. The van der Waals surface area contributed by atoms with Crippen molar-refractivity contribution in [1.82, 2.24) is 0 Å². The zero-order valence-electron chi connectivity index (χ0n) is 49.3. The van der Waals surface area contributed by atoms with Crippen LogP contribution in [0.1, 0.15) is 239 Å². The summed E-state index contributed by atoms with van der Waals surface area (Å²) >= 11 is 0. The molecule has 0 radical (unpaired) electrons. The molecule has 1 aliphatic heterocycles. The number of esters is 3. The molecule has 1 aliphatic rings. The van der Waals surface area contributed by atoms with Gasteiger partial charge in [0.2, 0.25) is 0 Å². The van der Waals surface area contributed by atoms with Crippen LogP contribution in [0.25, 0.3) is 0 Å². The minimum Gasteiger partial charge on any atom is -0.479 e. The number of rotatable bonds is 51. The Morgan fingerprint density at radius 2 is 0.810 bits per heavy atom. The molecule has 0 saturated carbocycles. The van der Waals surface area contributed by atoms with E-state index in [9.17, 15) is 34.5 Å². The van der Waals surface area contributed by atoms with Crippen molar-refractivity contribution in [3.63, 3.8) is 0 Å². The molecule has 1 rings (SSSR count). The van der Waals surface area contributed by atoms with E-state index in [1.165, 1.54) is 51.4 Å². The molecule has 0 aromatic heterocycles. The number of carbonyl (C=O) groups excluding carboxylic acids is 3. The highest BCUT2D eigenvalue weighted by molar-refractivity contribution is 5.74. The molecule has 6 unspecified atom stereocenters. The molecule has 12 heteroatoms. The van der Waals surface area contributed by atoms with Gasteiger partial charge in [-0.25, -0.2) is 4.79 Å². The zero-order valence-corrected chi connectivity index (χ0v) is 49.3. The van der Waals surface area contributed by atoms with Crippen LogP contribution in [-0.4, -0.2) is 89.2 Å². The number of carboxylic acid groups (broad SMARTS) is 1. The van der Waals surface area contributed by atoms with E-state index in [2.05, 4.69) is 124 Å². The van der Waals surface area contributed by atoms with Crippen molar-refractivity contribution in [1.29, 1.82) is 0 Å². The molecule has 1 heterocycles. The highest BCUT2D eigenvalue weighted by Gasteiger charge is 2.50. The second-order valence-corrected chi connectivity index (χ2v) is 20.6. The smallest absolute Gasteiger partial charge is 0.335 e. The lowest BCUT2D eigenvalue weighted by atomic mass is 9.98. The van der Waals surface area contributed by atoms with Crippen LogP contribution in [0.4, 0.5) is 0 Å². The van der Waals surface area contributed by atoms with Gasteiger partial charge in [-0.15, -0.1) is 0 Å². The third-order valence-corrected chi connectivity index (χ3v) is 13.3. The van der Waals surface area contributed by atoms with Crippen molar-refractivity contribution in [3.8, 4) is 0 Å². The Bertz CT molecular complexity index is 1790. The fourth-order valence-electron chi connectivity index (χ4n) is 8.65. The van der Waals surface area contributed by atoms with Crippen molar-refractivity contribution in [2.24, 2.45) is 0 Å². The summed E-state index contributed by atoms with van der Waals surface area (Å²) in [4.78, 5) is 51.2. The fourth-order valence-corrected chi connectivity index (χ4v) is 8.65.